The van der Waals surface area contributed by atoms with Gasteiger partial charge in [0.1, 0.15) is 5.82 Å². The van der Waals surface area contributed by atoms with E-state index in [2.05, 4.69) is 21.8 Å². The summed E-state index contributed by atoms with van der Waals surface area (Å²) in [6.07, 6.45) is 5.00. The van der Waals surface area contributed by atoms with Crippen molar-refractivity contribution in [1.29, 1.82) is 0 Å². The number of imidazole rings is 1. The van der Waals surface area contributed by atoms with Gasteiger partial charge in [-0.15, -0.1) is 0 Å². The predicted molar refractivity (Wildman–Crippen MR) is 72.0 cm³/mol. The van der Waals surface area contributed by atoms with Crippen molar-refractivity contribution >= 4 is 5.91 Å². The van der Waals surface area contributed by atoms with Gasteiger partial charge in [-0.05, 0) is 26.2 Å². The fraction of sp³-hybridized carbons (Fsp3) is 0.692. The van der Waals surface area contributed by atoms with Crippen molar-refractivity contribution in [1.82, 2.24) is 14.9 Å². The van der Waals surface area contributed by atoms with Crippen LogP contribution in [0.4, 0.5) is 0 Å². The number of hydrogen-bond acceptors (Lipinski definition) is 3. The molecule has 0 aromatic carbocycles. The highest BCUT2D eigenvalue weighted by molar-refractivity contribution is 5.75. The zero-order chi connectivity index (χ0) is 13.5. The summed E-state index contributed by atoms with van der Waals surface area (Å²) in [6, 6.07) is 0.0850. The van der Waals surface area contributed by atoms with Crippen molar-refractivity contribution in [3.05, 3.63) is 18.2 Å². The predicted octanol–water partition coefficient (Wildman–Crippen LogP) is 1.07. The lowest BCUT2D eigenvalue weighted by atomic mass is 10.1. The first-order valence-corrected chi connectivity index (χ1v) is 6.49. The van der Waals surface area contributed by atoms with Gasteiger partial charge in [-0.2, -0.15) is 0 Å². The summed E-state index contributed by atoms with van der Waals surface area (Å²) in [6.45, 7) is 7.58. The lowest BCUT2D eigenvalue weighted by Gasteiger charge is -2.14. The summed E-state index contributed by atoms with van der Waals surface area (Å²) < 4.78 is 2.10. The van der Waals surface area contributed by atoms with Gasteiger partial charge in [0.25, 0.3) is 0 Å². The summed E-state index contributed by atoms with van der Waals surface area (Å²) >= 11 is 0. The van der Waals surface area contributed by atoms with E-state index in [0.29, 0.717) is 18.9 Å². The van der Waals surface area contributed by atoms with E-state index in [-0.39, 0.29) is 11.9 Å². The van der Waals surface area contributed by atoms with E-state index in [1.165, 1.54) is 0 Å². The van der Waals surface area contributed by atoms with E-state index < -0.39 is 0 Å². The van der Waals surface area contributed by atoms with Crippen LogP contribution in [0.25, 0.3) is 0 Å². The van der Waals surface area contributed by atoms with Gasteiger partial charge >= 0.3 is 0 Å². The van der Waals surface area contributed by atoms with Crippen LogP contribution in [-0.2, 0) is 11.3 Å². The van der Waals surface area contributed by atoms with Gasteiger partial charge < -0.3 is 15.6 Å². The quantitative estimate of drug-likeness (QED) is 0.762. The third kappa shape index (κ3) is 5.31. The fourth-order valence-electron chi connectivity index (χ4n) is 1.73. The first-order chi connectivity index (χ1) is 8.49. The van der Waals surface area contributed by atoms with Crippen LogP contribution in [0.15, 0.2) is 12.4 Å². The fourth-order valence-corrected chi connectivity index (χ4v) is 1.73. The molecule has 18 heavy (non-hydrogen) atoms. The van der Waals surface area contributed by atoms with Crippen LogP contribution in [-0.4, -0.2) is 28.0 Å². The van der Waals surface area contributed by atoms with E-state index in [9.17, 15) is 4.79 Å². The van der Waals surface area contributed by atoms with E-state index in [0.717, 1.165) is 18.8 Å². The Morgan fingerprint density at radius 1 is 1.56 bits per heavy atom. The molecule has 2 atom stereocenters. The Balaban J connectivity index is 2.23. The van der Waals surface area contributed by atoms with Crippen molar-refractivity contribution in [2.45, 2.75) is 46.2 Å². The van der Waals surface area contributed by atoms with E-state index in [1.54, 1.807) is 6.20 Å². The normalized spacial score (nSPS) is 14.2. The molecular formula is C13H24N4O. The second kappa shape index (κ2) is 7.16. The summed E-state index contributed by atoms with van der Waals surface area (Å²) in [7, 11) is 0. The van der Waals surface area contributed by atoms with Crippen LogP contribution in [0.2, 0.25) is 0 Å². The Morgan fingerprint density at radius 2 is 2.28 bits per heavy atom. The van der Waals surface area contributed by atoms with Crippen LogP contribution < -0.4 is 11.1 Å². The number of rotatable bonds is 7. The average molecular weight is 252 g/mol. The molecule has 0 bridgehead atoms. The molecule has 2 unspecified atom stereocenters. The molecule has 102 valence electrons. The third-order valence-electron chi connectivity index (χ3n) is 2.91. The Morgan fingerprint density at radius 3 is 2.83 bits per heavy atom. The molecule has 0 aliphatic heterocycles. The smallest absolute Gasteiger partial charge is 0.220 e. The maximum absolute atomic E-state index is 11.5. The number of nitrogens with one attached hydrogen (secondary N) is 1. The number of aromatic nitrogens is 2. The molecule has 0 fully saturated rings. The number of hydrogen-bond donors (Lipinski definition) is 2. The molecule has 1 heterocycles. The van der Waals surface area contributed by atoms with Crippen LogP contribution in [0.1, 0.15) is 32.5 Å². The molecule has 0 saturated heterocycles. The average Bonchev–Trinajstić information content (AvgIpc) is 2.69. The topological polar surface area (TPSA) is 72.9 Å². The first-order valence-electron chi connectivity index (χ1n) is 6.49. The molecule has 0 radical (unpaired) electrons. The van der Waals surface area contributed by atoms with Gasteiger partial charge in [-0.1, -0.05) is 6.92 Å². The largest absolute Gasteiger partial charge is 0.356 e. The van der Waals surface area contributed by atoms with Crippen LogP contribution in [0, 0.1) is 12.8 Å². The molecule has 1 rings (SSSR count). The Hall–Kier alpha value is -1.36. The molecule has 5 nitrogen and oxygen atoms in total. The van der Waals surface area contributed by atoms with Crippen molar-refractivity contribution in [3.8, 4) is 0 Å². The molecule has 0 spiro atoms. The standard InChI is InChI=1S/C13H24N4O/c1-10(9-17-7-6-15-12(17)3)8-16-13(18)5-4-11(2)14/h6-7,10-11H,4-5,8-9,14H2,1-3H3,(H,16,18). The van der Waals surface area contributed by atoms with E-state index in [1.807, 2.05) is 20.0 Å². The molecule has 1 amide bonds. The molecule has 0 aliphatic rings. The minimum Gasteiger partial charge on any atom is -0.356 e. The molecule has 0 saturated carbocycles. The SMILES string of the molecule is Cc1nccn1CC(C)CNC(=O)CCC(C)N. The van der Waals surface area contributed by atoms with Crippen molar-refractivity contribution < 1.29 is 4.79 Å². The Bertz CT molecular complexity index is 373. The van der Waals surface area contributed by atoms with Crippen molar-refractivity contribution in [2.24, 2.45) is 11.7 Å². The monoisotopic (exact) mass is 252 g/mol. The maximum Gasteiger partial charge on any atom is 0.220 e. The summed E-state index contributed by atoms with van der Waals surface area (Å²) in [4.78, 5) is 15.7. The van der Waals surface area contributed by atoms with E-state index >= 15 is 0 Å². The number of carbonyl (C=O) groups is 1. The number of nitrogens with zero attached hydrogens (tertiary/aromatic N) is 2. The van der Waals surface area contributed by atoms with E-state index in [4.69, 9.17) is 5.73 Å². The third-order valence-corrected chi connectivity index (χ3v) is 2.91. The molecular weight excluding hydrogens is 228 g/mol. The lowest BCUT2D eigenvalue weighted by molar-refractivity contribution is -0.121. The second-order valence-electron chi connectivity index (χ2n) is 5.05. The van der Waals surface area contributed by atoms with Gasteiger partial charge in [0.05, 0.1) is 0 Å². The maximum atomic E-state index is 11.5. The minimum absolute atomic E-state index is 0.0847. The summed E-state index contributed by atoms with van der Waals surface area (Å²) in [5.41, 5.74) is 5.61. The molecule has 3 N–H and O–H groups in total. The zero-order valence-corrected chi connectivity index (χ0v) is 11.5. The second-order valence-corrected chi connectivity index (χ2v) is 5.05. The highest BCUT2D eigenvalue weighted by atomic mass is 16.1. The van der Waals surface area contributed by atoms with Gasteiger partial charge in [-0.25, -0.2) is 4.98 Å². The summed E-state index contributed by atoms with van der Waals surface area (Å²) in [5.74, 6) is 1.48. The molecule has 0 aliphatic carbocycles. The van der Waals surface area contributed by atoms with Crippen molar-refractivity contribution in [3.63, 3.8) is 0 Å². The zero-order valence-electron chi connectivity index (χ0n) is 11.5. The minimum atomic E-state index is 0.0847. The number of carbonyl (C=O) groups excluding carboxylic acids is 1. The number of aryl methyl sites for hydroxylation is 1. The van der Waals surface area contributed by atoms with Crippen LogP contribution in [0.5, 0.6) is 0 Å². The highest BCUT2D eigenvalue weighted by Gasteiger charge is 2.08. The molecule has 5 heteroatoms. The highest BCUT2D eigenvalue weighted by Crippen LogP contribution is 2.03. The lowest BCUT2D eigenvalue weighted by Crippen LogP contribution is -2.31. The summed E-state index contributed by atoms with van der Waals surface area (Å²) in [5, 5.41) is 2.94. The van der Waals surface area contributed by atoms with Gasteiger partial charge in [0.15, 0.2) is 0 Å². The molecule has 1 aromatic heterocycles. The number of nitrogens with two attached hydrogens (primary N) is 1. The van der Waals surface area contributed by atoms with Crippen LogP contribution >= 0.6 is 0 Å². The van der Waals surface area contributed by atoms with Gasteiger partial charge in [-0.3, -0.25) is 4.79 Å². The van der Waals surface area contributed by atoms with Gasteiger partial charge in [0, 0.05) is 37.9 Å². The Kier molecular flexibility index (Phi) is 5.85. The first kappa shape index (κ1) is 14.7. The number of amides is 1. The Labute approximate surface area is 109 Å². The van der Waals surface area contributed by atoms with Gasteiger partial charge in [0.2, 0.25) is 5.91 Å². The van der Waals surface area contributed by atoms with Crippen molar-refractivity contribution in [2.75, 3.05) is 6.54 Å². The van der Waals surface area contributed by atoms with Crippen LogP contribution in [0.3, 0.4) is 0 Å². The molecule has 1 aromatic rings.